The fourth-order valence-corrected chi connectivity index (χ4v) is 5.85. The fourth-order valence-electron chi connectivity index (χ4n) is 5.85. The van der Waals surface area contributed by atoms with Gasteiger partial charge in [-0.25, -0.2) is 0 Å². The van der Waals surface area contributed by atoms with Crippen molar-refractivity contribution in [1.29, 1.82) is 0 Å². The fraction of sp³-hybridized carbons (Fsp3) is 0.667. The lowest BCUT2D eigenvalue weighted by molar-refractivity contribution is -0.167. The first-order valence-electron chi connectivity index (χ1n) is 23.1. The molecule has 0 aromatic heterocycles. The molecule has 0 aromatic rings. The van der Waals surface area contributed by atoms with Crippen molar-refractivity contribution in [2.45, 2.75) is 207 Å². The molecule has 0 fully saturated rings. The Kier molecular flexibility index (Phi) is 42.6. The summed E-state index contributed by atoms with van der Waals surface area (Å²) < 4.78 is 16.6. The van der Waals surface area contributed by atoms with E-state index in [1.807, 2.05) is 0 Å². The highest BCUT2D eigenvalue weighted by Gasteiger charge is 2.19. The Morgan fingerprint density at radius 1 is 0.368 bits per heavy atom. The number of esters is 3. The van der Waals surface area contributed by atoms with Crippen molar-refractivity contribution in [3.05, 3.63) is 85.1 Å². The summed E-state index contributed by atoms with van der Waals surface area (Å²) in [6.45, 7) is 6.36. The van der Waals surface area contributed by atoms with Crippen LogP contribution in [0.4, 0.5) is 0 Å². The normalized spacial score (nSPS) is 12.8. The van der Waals surface area contributed by atoms with E-state index in [-0.39, 0.29) is 37.5 Å². The maximum absolute atomic E-state index is 12.7. The molecule has 6 nitrogen and oxygen atoms in total. The predicted molar refractivity (Wildman–Crippen MR) is 242 cm³/mol. The molecule has 0 aliphatic heterocycles. The first kappa shape index (κ1) is 53.6. The summed E-state index contributed by atoms with van der Waals surface area (Å²) >= 11 is 0. The van der Waals surface area contributed by atoms with Gasteiger partial charge in [-0.3, -0.25) is 14.4 Å². The van der Waals surface area contributed by atoms with E-state index in [0.29, 0.717) is 19.3 Å². The zero-order valence-corrected chi connectivity index (χ0v) is 36.8. The van der Waals surface area contributed by atoms with E-state index in [2.05, 4.69) is 106 Å². The monoisotopic (exact) mass is 793 g/mol. The average molecular weight is 793 g/mol. The van der Waals surface area contributed by atoms with Crippen molar-refractivity contribution < 1.29 is 28.6 Å². The van der Waals surface area contributed by atoms with Crippen molar-refractivity contribution >= 4 is 17.9 Å². The van der Waals surface area contributed by atoms with Crippen LogP contribution in [0.15, 0.2) is 85.1 Å². The highest BCUT2D eigenvalue weighted by molar-refractivity contribution is 5.71. The van der Waals surface area contributed by atoms with Gasteiger partial charge in [0, 0.05) is 19.3 Å². The minimum absolute atomic E-state index is 0.103. The standard InChI is InChI=1S/C51H84O6/c1-4-7-10-13-16-19-22-23-24-25-26-27-30-32-35-38-41-44-50(53)56-47-48(57-51(54)45-42-39-36-33-29-21-18-15-12-9-6-3)46-55-49(52)43-40-37-34-31-28-20-17-14-11-8-5-2/h7,10,14-19,23-24,26-27,32,35,48H,4-6,8-9,11-13,20-22,25,28-31,33-34,36-47H2,1-3H3/b10-7-,17-14-,18-15-,19-16-,24-23-,27-26-,35-32-. The van der Waals surface area contributed by atoms with Gasteiger partial charge in [-0.15, -0.1) is 0 Å². The molecule has 324 valence electrons. The summed E-state index contributed by atoms with van der Waals surface area (Å²) in [5.41, 5.74) is 0. The van der Waals surface area contributed by atoms with E-state index in [1.54, 1.807) is 0 Å². The van der Waals surface area contributed by atoms with E-state index in [9.17, 15) is 14.4 Å². The predicted octanol–water partition coefficient (Wildman–Crippen LogP) is 14.9. The lowest BCUT2D eigenvalue weighted by Crippen LogP contribution is -2.30. The Balaban J connectivity index is 4.49. The van der Waals surface area contributed by atoms with E-state index in [0.717, 1.165) is 103 Å². The molecule has 0 radical (unpaired) electrons. The second kappa shape index (κ2) is 45.3. The SMILES string of the molecule is CC/C=C\C/C=C\C/C=C\C/C=C\C/C=C\CCCC(=O)OCC(COC(=O)CCCCCCC/C=C\CCCC)OC(=O)CCCCCCC/C=C\CCCC. The molecule has 0 aliphatic rings. The zero-order chi connectivity index (χ0) is 41.5. The smallest absolute Gasteiger partial charge is 0.306 e. The summed E-state index contributed by atoms with van der Waals surface area (Å²) in [5.74, 6) is -0.991. The first-order valence-corrected chi connectivity index (χ1v) is 23.1. The molecule has 0 heterocycles. The van der Waals surface area contributed by atoms with Crippen LogP contribution in [0.5, 0.6) is 0 Å². The van der Waals surface area contributed by atoms with Crippen LogP contribution >= 0.6 is 0 Å². The third-order valence-corrected chi connectivity index (χ3v) is 9.35. The van der Waals surface area contributed by atoms with Crippen molar-refractivity contribution in [2.75, 3.05) is 13.2 Å². The highest BCUT2D eigenvalue weighted by Crippen LogP contribution is 2.12. The molecular weight excluding hydrogens is 709 g/mol. The summed E-state index contributed by atoms with van der Waals surface area (Å²) in [6, 6.07) is 0. The maximum atomic E-state index is 12.7. The second-order valence-electron chi connectivity index (χ2n) is 14.9. The highest BCUT2D eigenvalue weighted by atomic mass is 16.6. The number of unbranched alkanes of at least 4 members (excludes halogenated alkanes) is 15. The first-order chi connectivity index (χ1) is 28.0. The number of hydrogen-bond donors (Lipinski definition) is 0. The van der Waals surface area contributed by atoms with Crippen LogP contribution in [0.3, 0.4) is 0 Å². The molecule has 0 aliphatic carbocycles. The molecule has 0 N–H and O–H groups in total. The lowest BCUT2D eigenvalue weighted by Gasteiger charge is -2.18. The molecule has 6 heteroatoms. The molecule has 1 atom stereocenters. The van der Waals surface area contributed by atoms with Crippen LogP contribution in [-0.2, 0) is 28.6 Å². The summed E-state index contributed by atoms with van der Waals surface area (Å²) in [4.78, 5) is 37.7. The largest absolute Gasteiger partial charge is 0.462 e. The average Bonchev–Trinajstić information content (AvgIpc) is 3.21. The van der Waals surface area contributed by atoms with Crippen LogP contribution in [0.1, 0.15) is 201 Å². The molecule has 1 unspecified atom stereocenters. The molecule has 0 aromatic carbocycles. The van der Waals surface area contributed by atoms with Crippen LogP contribution < -0.4 is 0 Å². The molecule has 0 rings (SSSR count). The zero-order valence-electron chi connectivity index (χ0n) is 36.8. The summed E-state index contributed by atoms with van der Waals surface area (Å²) in [7, 11) is 0. The molecule has 0 amide bonds. The van der Waals surface area contributed by atoms with Gasteiger partial charge in [0.2, 0.25) is 0 Å². The van der Waals surface area contributed by atoms with Gasteiger partial charge in [-0.05, 0) is 96.3 Å². The molecule has 57 heavy (non-hydrogen) atoms. The van der Waals surface area contributed by atoms with Gasteiger partial charge >= 0.3 is 17.9 Å². The lowest BCUT2D eigenvalue weighted by atomic mass is 10.1. The van der Waals surface area contributed by atoms with Crippen LogP contribution in [0.25, 0.3) is 0 Å². The van der Waals surface area contributed by atoms with Crippen LogP contribution in [-0.4, -0.2) is 37.2 Å². The Labute approximate surface area is 350 Å². The molecule has 0 saturated heterocycles. The Morgan fingerprint density at radius 2 is 0.702 bits per heavy atom. The molecular formula is C51H84O6. The summed E-state index contributed by atoms with van der Waals surface area (Å²) in [6.07, 6.45) is 57.1. The van der Waals surface area contributed by atoms with Crippen molar-refractivity contribution in [3.8, 4) is 0 Å². The van der Waals surface area contributed by atoms with E-state index in [4.69, 9.17) is 14.2 Å². The Bertz CT molecular complexity index is 1140. The third-order valence-electron chi connectivity index (χ3n) is 9.35. The van der Waals surface area contributed by atoms with Gasteiger partial charge in [0.05, 0.1) is 0 Å². The van der Waals surface area contributed by atoms with Gasteiger partial charge in [0.25, 0.3) is 0 Å². The summed E-state index contributed by atoms with van der Waals surface area (Å²) in [5, 5.41) is 0. The maximum Gasteiger partial charge on any atom is 0.306 e. The van der Waals surface area contributed by atoms with Crippen LogP contribution in [0.2, 0.25) is 0 Å². The minimum atomic E-state index is -0.804. The minimum Gasteiger partial charge on any atom is -0.462 e. The third kappa shape index (κ3) is 43.6. The Hall–Kier alpha value is -3.41. The quantitative estimate of drug-likeness (QED) is 0.0266. The molecule has 0 bridgehead atoms. The van der Waals surface area contributed by atoms with Gasteiger partial charge in [0.15, 0.2) is 6.10 Å². The van der Waals surface area contributed by atoms with Gasteiger partial charge in [-0.2, -0.15) is 0 Å². The number of hydrogen-bond acceptors (Lipinski definition) is 6. The van der Waals surface area contributed by atoms with Crippen molar-refractivity contribution in [2.24, 2.45) is 0 Å². The Morgan fingerprint density at radius 3 is 1.16 bits per heavy atom. The van der Waals surface area contributed by atoms with E-state index < -0.39 is 6.10 Å². The molecule has 0 spiro atoms. The van der Waals surface area contributed by atoms with Gasteiger partial charge in [0.1, 0.15) is 13.2 Å². The van der Waals surface area contributed by atoms with E-state index >= 15 is 0 Å². The number of carbonyl (C=O) groups is 3. The van der Waals surface area contributed by atoms with Gasteiger partial charge < -0.3 is 14.2 Å². The van der Waals surface area contributed by atoms with E-state index in [1.165, 1.54) is 51.4 Å². The number of rotatable bonds is 40. The number of carbonyl (C=O) groups excluding carboxylic acids is 3. The number of ether oxygens (including phenoxy) is 3. The number of allylic oxidation sites excluding steroid dienone is 14. The second-order valence-corrected chi connectivity index (χ2v) is 14.9. The van der Waals surface area contributed by atoms with Gasteiger partial charge in [-0.1, -0.05) is 170 Å². The van der Waals surface area contributed by atoms with Crippen molar-refractivity contribution in [3.63, 3.8) is 0 Å². The van der Waals surface area contributed by atoms with Crippen LogP contribution in [0, 0.1) is 0 Å². The topological polar surface area (TPSA) is 78.9 Å². The van der Waals surface area contributed by atoms with Crippen molar-refractivity contribution in [1.82, 2.24) is 0 Å². The molecule has 0 saturated carbocycles.